The van der Waals surface area contributed by atoms with Gasteiger partial charge in [-0.05, 0) is 106 Å². The lowest BCUT2D eigenvalue weighted by Crippen LogP contribution is -2.28. The van der Waals surface area contributed by atoms with Crippen molar-refractivity contribution in [1.29, 1.82) is 0 Å². The van der Waals surface area contributed by atoms with Crippen LogP contribution in [0.2, 0.25) is 0 Å². The molecule has 1 aliphatic rings. The Morgan fingerprint density at radius 1 is 0.444 bits per heavy atom. The van der Waals surface area contributed by atoms with Crippen molar-refractivity contribution in [3.63, 3.8) is 0 Å². The summed E-state index contributed by atoms with van der Waals surface area (Å²) in [5, 5.41) is 19.8. The zero-order valence-electron chi connectivity index (χ0n) is 25.2. The van der Waals surface area contributed by atoms with E-state index in [1.165, 1.54) is 22.3 Å². The van der Waals surface area contributed by atoms with Gasteiger partial charge in [0.15, 0.2) is 12.6 Å². The average molecular weight is 591 g/mol. The summed E-state index contributed by atoms with van der Waals surface area (Å²) in [5.74, 6) is 1.19. The van der Waals surface area contributed by atoms with E-state index in [9.17, 15) is 10.2 Å². The molecule has 0 radical (unpaired) electrons. The number of aliphatic hydroxyl groups excluding tert-OH is 2. The van der Waals surface area contributed by atoms with Gasteiger partial charge in [-0.2, -0.15) is 0 Å². The fraction of sp³-hybridized carbons (Fsp3) is 0.122. The van der Waals surface area contributed by atoms with E-state index in [4.69, 9.17) is 9.47 Å². The second kappa shape index (κ2) is 11.7. The molecule has 0 fully saturated rings. The van der Waals surface area contributed by atoms with Crippen LogP contribution in [-0.2, 0) is 5.41 Å². The Kier molecular flexibility index (Phi) is 7.46. The largest absolute Gasteiger partial charge is 0.465 e. The highest BCUT2D eigenvalue weighted by atomic mass is 16.6. The van der Waals surface area contributed by atoms with Crippen LogP contribution in [0.3, 0.4) is 0 Å². The summed E-state index contributed by atoms with van der Waals surface area (Å²) in [4.78, 5) is 0. The van der Waals surface area contributed by atoms with Gasteiger partial charge < -0.3 is 19.7 Å². The van der Waals surface area contributed by atoms with Gasteiger partial charge in [0.25, 0.3) is 0 Å². The van der Waals surface area contributed by atoms with Gasteiger partial charge in [-0.15, -0.1) is 0 Å². The van der Waals surface area contributed by atoms with E-state index >= 15 is 0 Å². The van der Waals surface area contributed by atoms with Crippen LogP contribution < -0.4 is 9.47 Å². The third-order valence-electron chi connectivity index (χ3n) is 8.54. The van der Waals surface area contributed by atoms with E-state index in [2.05, 4.69) is 109 Å². The van der Waals surface area contributed by atoms with Crippen LogP contribution in [0.5, 0.6) is 11.5 Å². The highest BCUT2D eigenvalue weighted by Gasteiger charge is 2.46. The Balaban J connectivity index is 1.53. The van der Waals surface area contributed by atoms with E-state index in [1.807, 2.05) is 36.4 Å². The quantitative estimate of drug-likeness (QED) is 0.174. The monoisotopic (exact) mass is 590 g/mol. The molecule has 45 heavy (non-hydrogen) atoms. The predicted octanol–water partition coefficient (Wildman–Crippen LogP) is 8.82. The molecule has 0 aliphatic heterocycles. The van der Waals surface area contributed by atoms with Crippen molar-refractivity contribution in [2.75, 3.05) is 0 Å². The minimum Gasteiger partial charge on any atom is -0.465 e. The van der Waals surface area contributed by atoms with Crippen molar-refractivity contribution in [3.8, 4) is 44.9 Å². The Bertz CT molecular complexity index is 1780. The number of benzene rings is 6. The molecule has 0 saturated carbocycles. The maximum absolute atomic E-state index is 9.89. The highest BCUT2D eigenvalue weighted by Crippen LogP contribution is 2.57. The summed E-state index contributed by atoms with van der Waals surface area (Å²) in [6, 6.07) is 50.6. The zero-order valence-corrected chi connectivity index (χ0v) is 25.2. The molecule has 0 heterocycles. The molecule has 2 unspecified atom stereocenters. The Hall–Kier alpha value is -5.16. The van der Waals surface area contributed by atoms with Gasteiger partial charge in [0.2, 0.25) is 0 Å². The Morgan fingerprint density at radius 3 is 1.18 bits per heavy atom. The van der Waals surface area contributed by atoms with Crippen molar-refractivity contribution >= 4 is 0 Å². The molecule has 0 bridgehead atoms. The van der Waals surface area contributed by atoms with Crippen LogP contribution in [0.25, 0.3) is 33.4 Å². The minimum atomic E-state index is -0.916. The number of ether oxygens (including phenoxy) is 2. The zero-order chi connectivity index (χ0) is 31.0. The van der Waals surface area contributed by atoms with Gasteiger partial charge in [0.1, 0.15) is 11.5 Å². The molecule has 6 aromatic carbocycles. The van der Waals surface area contributed by atoms with Crippen molar-refractivity contribution < 1.29 is 19.7 Å². The van der Waals surface area contributed by atoms with Crippen LogP contribution in [0.4, 0.5) is 0 Å². The van der Waals surface area contributed by atoms with Crippen LogP contribution in [0.1, 0.15) is 36.1 Å². The van der Waals surface area contributed by atoms with Crippen molar-refractivity contribution in [3.05, 3.63) is 168 Å². The lowest BCUT2D eigenvalue weighted by molar-refractivity contribution is -0.000873. The standard InChI is InChI=1S/C41H34O4/c1-27(42)44-35-19-15-33(16-20-35)41(34-17-21-36(22-18-34)45-28(2)43)39-25-31(29-9-5-3-6-10-29)13-23-37(39)38-24-14-32(26-40(38)41)30-11-7-4-8-12-30/h3-28,42-43H,1-2H3. The molecule has 0 aromatic heterocycles. The fourth-order valence-electron chi connectivity index (χ4n) is 6.69. The van der Waals surface area contributed by atoms with Gasteiger partial charge in [0.05, 0.1) is 5.41 Å². The molecule has 2 atom stereocenters. The fourth-order valence-corrected chi connectivity index (χ4v) is 6.69. The SMILES string of the molecule is CC(O)Oc1ccc(C2(c3ccc(OC(C)O)cc3)c3cc(-c4ccccc4)ccc3-c3ccc(-c4ccccc4)cc32)cc1. The maximum atomic E-state index is 9.89. The molecular formula is C41H34O4. The van der Waals surface area contributed by atoms with E-state index in [0.29, 0.717) is 11.5 Å². The first kappa shape index (κ1) is 28.6. The Labute approximate surface area is 263 Å². The average Bonchev–Trinajstić information content (AvgIpc) is 3.35. The second-order valence-corrected chi connectivity index (χ2v) is 11.5. The molecule has 0 spiro atoms. The highest BCUT2D eigenvalue weighted by molar-refractivity contribution is 5.90. The summed E-state index contributed by atoms with van der Waals surface area (Å²) in [7, 11) is 0. The smallest absolute Gasteiger partial charge is 0.194 e. The minimum absolute atomic E-state index is 0.596. The van der Waals surface area contributed by atoms with E-state index < -0.39 is 18.0 Å². The van der Waals surface area contributed by atoms with Gasteiger partial charge in [-0.1, -0.05) is 109 Å². The number of hydrogen-bond donors (Lipinski definition) is 2. The molecule has 0 saturated heterocycles. The topological polar surface area (TPSA) is 58.9 Å². The summed E-state index contributed by atoms with van der Waals surface area (Å²) in [5.41, 5.74) is 10.7. The number of aliphatic hydroxyl groups is 2. The summed E-state index contributed by atoms with van der Waals surface area (Å²) in [6.45, 7) is 3.21. The molecule has 2 N–H and O–H groups in total. The van der Waals surface area contributed by atoms with Gasteiger partial charge >= 0.3 is 0 Å². The van der Waals surface area contributed by atoms with E-state index in [-0.39, 0.29) is 0 Å². The van der Waals surface area contributed by atoms with Crippen LogP contribution in [-0.4, -0.2) is 22.8 Å². The third-order valence-corrected chi connectivity index (χ3v) is 8.54. The van der Waals surface area contributed by atoms with Crippen molar-refractivity contribution in [1.82, 2.24) is 0 Å². The van der Waals surface area contributed by atoms with E-state index in [0.717, 1.165) is 33.4 Å². The molecular weight excluding hydrogens is 556 g/mol. The number of hydrogen-bond acceptors (Lipinski definition) is 4. The molecule has 0 amide bonds. The van der Waals surface area contributed by atoms with E-state index in [1.54, 1.807) is 13.8 Å². The molecule has 4 heteroatoms. The van der Waals surface area contributed by atoms with Gasteiger partial charge in [-0.3, -0.25) is 0 Å². The first-order chi connectivity index (χ1) is 21.9. The molecule has 222 valence electrons. The lowest BCUT2D eigenvalue weighted by atomic mass is 9.67. The van der Waals surface area contributed by atoms with Crippen molar-refractivity contribution in [2.45, 2.75) is 31.8 Å². The number of rotatable bonds is 8. The van der Waals surface area contributed by atoms with Crippen LogP contribution in [0, 0.1) is 0 Å². The van der Waals surface area contributed by atoms with Crippen molar-refractivity contribution in [2.24, 2.45) is 0 Å². The van der Waals surface area contributed by atoms with Gasteiger partial charge in [0, 0.05) is 0 Å². The van der Waals surface area contributed by atoms with Crippen LogP contribution >= 0.6 is 0 Å². The maximum Gasteiger partial charge on any atom is 0.194 e. The van der Waals surface area contributed by atoms with Gasteiger partial charge in [-0.25, -0.2) is 0 Å². The predicted molar refractivity (Wildman–Crippen MR) is 179 cm³/mol. The Morgan fingerprint density at radius 2 is 0.822 bits per heavy atom. The summed E-state index contributed by atoms with van der Waals surface area (Å²) < 4.78 is 11.3. The third kappa shape index (κ3) is 5.18. The summed E-state index contributed by atoms with van der Waals surface area (Å²) >= 11 is 0. The first-order valence-corrected chi connectivity index (χ1v) is 15.2. The van der Waals surface area contributed by atoms with Crippen LogP contribution in [0.15, 0.2) is 146 Å². The normalized spacial score (nSPS) is 14.2. The summed E-state index contributed by atoms with van der Waals surface area (Å²) in [6.07, 6.45) is -1.83. The number of fused-ring (bicyclic) bond motifs is 3. The first-order valence-electron chi connectivity index (χ1n) is 15.2. The molecule has 6 aromatic rings. The lowest BCUT2D eigenvalue weighted by Gasteiger charge is -2.34. The molecule has 1 aliphatic carbocycles. The molecule has 7 rings (SSSR count). The second-order valence-electron chi connectivity index (χ2n) is 11.5. The molecule has 4 nitrogen and oxygen atoms in total.